The van der Waals surface area contributed by atoms with Gasteiger partial charge in [0, 0.05) is 6.04 Å². The Balaban J connectivity index is 2.96. The Morgan fingerprint density at radius 2 is 1.62 bits per heavy atom. The standard InChI is InChI=1S/C15H29N/c1-9(2)12-7-13(10(3)4)15(16)14(8-12)11(5)6/h7,9-12,14-15H,8,16H2,1-6H3/t12?,14?,15-/m0/s1. The summed E-state index contributed by atoms with van der Waals surface area (Å²) >= 11 is 0. The van der Waals surface area contributed by atoms with E-state index in [9.17, 15) is 0 Å². The molecule has 0 saturated heterocycles. The lowest BCUT2D eigenvalue weighted by Crippen LogP contribution is -2.41. The maximum atomic E-state index is 6.42. The number of hydrogen-bond donors (Lipinski definition) is 1. The van der Waals surface area contributed by atoms with Crippen LogP contribution in [0.15, 0.2) is 11.6 Å². The fourth-order valence-electron chi connectivity index (χ4n) is 2.86. The zero-order valence-electron chi connectivity index (χ0n) is 11.8. The van der Waals surface area contributed by atoms with Crippen molar-refractivity contribution in [1.82, 2.24) is 0 Å². The van der Waals surface area contributed by atoms with Crippen LogP contribution in [-0.4, -0.2) is 6.04 Å². The average molecular weight is 223 g/mol. The third kappa shape index (κ3) is 2.88. The Bertz CT molecular complexity index is 250. The molecule has 0 spiro atoms. The molecule has 0 aliphatic heterocycles. The molecule has 0 saturated carbocycles. The predicted octanol–water partition coefficient (Wildman–Crippen LogP) is 3.84. The second kappa shape index (κ2) is 5.35. The van der Waals surface area contributed by atoms with E-state index >= 15 is 0 Å². The highest BCUT2D eigenvalue weighted by molar-refractivity contribution is 5.20. The zero-order valence-corrected chi connectivity index (χ0v) is 11.8. The van der Waals surface area contributed by atoms with Gasteiger partial charge in [0.15, 0.2) is 0 Å². The van der Waals surface area contributed by atoms with Gasteiger partial charge in [-0.15, -0.1) is 0 Å². The Labute approximate surface area is 101 Å². The molecule has 0 bridgehead atoms. The number of rotatable bonds is 3. The summed E-state index contributed by atoms with van der Waals surface area (Å²) < 4.78 is 0. The molecule has 0 fully saturated rings. The van der Waals surface area contributed by atoms with Gasteiger partial charge >= 0.3 is 0 Å². The summed E-state index contributed by atoms with van der Waals surface area (Å²) in [5.74, 6) is 3.42. The Morgan fingerprint density at radius 3 is 2.00 bits per heavy atom. The molecule has 0 radical (unpaired) electrons. The summed E-state index contributed by atoms with van der Waals surface area (Å²) in [4.78, 5) is 0. The van der Waals surface area contributed by atoms with Gasteiger partial charge in [0.25, 0.3) is 0 Å². The molecule has 1 aliphatic rings. The summed E-state index contributed by atoms with van der Waals surface area (Å²) in [5.41, 5.74) is 7.91. The van der Waals surface area contributed by atoms with Crippen molar-refractivity contribution in [2.75, 3.05) is 0 Å². The van der Waals surface area contributed by atoms with Crippen molar-refractivity contribution in [3.05, 3.63) is 11.6 Å². The Hall–Kier alpha value is -0.300. The summed E-state index contributed by atoms with van der Waals surface area (Å²) in [6.45, 7) is 13.8. The quantitative estimate of drug-likeness (QED) is 0.723. The van der Waals surface area contributed by atoms with Crippen molar-refractivity contribution in [1.29, 1.82) is 0 Å². The normalized spacial score (nSPS) is 31.4. The highest BCUT2D eigenvalue weighted by Crippen LogP contribution is 2.37. The molecule has 1 heteroatoms. The predicted molar refractivity (Wildman–Crippen MR) is 72.2 cm³/mol. The largest absolute Gasteiger partial charge is 0.324 e. The molecule has 0 amide bonds. The first-order valence-electron chi connectivity index (χ1n) is 6.81. The fourth-order valence-corrected chi connectivity index (χ4v) is 2.86. The van der Waals surface area contributed by atoms with Gasteiger partial charge in [-0.2, -0.15) is 0 Å². The molecule has 16 heavy (non-hydrogen) atoms. The van der Waals surface area contributed by atoms with Gasteiger partial charge in [-0.1, -0.05) is 53.2 Å². The molecule has 0 aromatic rings. The van der Waals surface area contributed by atoms with Crippen LogP contribution in [0.2, 0.25) is 0 Å². The van der Waals surface area contributed by atoms with E-state index in [4.69, 9.17) is 5.73 Å². The first kappa shape index (κ1) is 13.8. The molecule has 94 valence electrons. The van der Waals surface area contributed by atoms with E-state index in [1.165, 1.54) is 12.0 Å². The third-order valence-corrected chi connectivity index (χ3v) is 4.18. The fraction of sp³-hybridized carbons (Fsp3) is 0.867. The van der Waals surface area contributed by atoms with Gasteiger partial charge in [-0.3, -0.25) is 0 Å². The van der Waals surface area contributed by atoms with Crippen LogP contribution < -0.4 is 5.73 Å². The van der Waals surface area contributed by atoms with E-state index in [-0.39, 0.29) is 6.04 Å². The maximum Gasteiger partial charge on any atom is 0.0287 e. The second-order valence-corrected chi connectivity index (χ2v) is 6.40. The molecule has 1 nitrogen and oxygen atoms in total. The van der Waals surface area contributed by atoms with Crippen molar-refractivity contribution in [3.63, 3.8) is 0 Å². The van der Waals surface area contributed by atoms with E-state index in [0.717, 1.165) is 11.8 Å². The summed E-state index contributed by atoms with van der Waals surface area (Å²) in [6, 6.07) is 0.287. The van der Waals surface area contributed by atoms with E-state index in [1.807, 2.05) is 0 Å². The Kier molecular flexibility index (Phi) is 4.61. The molecular formula is C15H29N. The molecule has 1 aliphatic carbocycles. The Morgan fingerprint density at radius 1 is 1.06 bits per heavy atom. The minimum absolute atomic E-state index is 0.287. The summed E-state index contributed by atoms with van der Waals surface area (Å²) in [7, 11) is 0. The molecule has 3 atom stereocenters. The second-order valence-electron chi connectivity index (χ2n) is 6.40. The van der Waals surface area contributed by atoms with Crippen LogP contribution in [0, 0.1) is 29.6 Å². The molecule has 0 heterocycles. The lowest BCUT2D eigenvalue weighted by Gasteiger charge is -2.39. The minimum atomic E-state index is 0.287. The highest BCUT2D eigenvalue weighted by Gasteiger charge is 2.33. The zero-order chi connectivity index (χ0) is 12.5. The van der Waals surface area contributed by atoms with E-state index in [0.29, 0.717) is 17.8 Å². The lowest BCUT2D eigenvalue weighted by molar-refractivity contribution is 0.234. The minimum Gasteiger partial charge on any atom is -0.324 e. The van der Waals surface area contributed by atoms with Crippen LogP contribution in [0.5, 0.6) is 0 Å². The van der Waals surface area contributed by atoms with Crippen LogP contribution in [0.3, 0.4) is 0 Å². The van der Waals surface area contributed by atoms with Crippen LogP contribution in [-0.2, 0) is 0 Å². The van der Waals surface area contributed by atoms with E-state index < -0.39 is 0 Å². The third-order valence-electron chi connectivity index (χ3n) is 4.18. The van der Waals surface area contributed by atoms with Gasteiger partial charge in [0.05, 0.1) is 0 Å². The van der Waals surface area contributed by atoms with E-state index in [2.05, 4.69) is 47.6 Å². The highest BCUT2D eigenvalue weighted by atomic mass is 14.7. The first-order valence-corrected chi connectivity index (χ1v) is 6.81. The molecular weight excluding hydrogens is 194 g/mol. The monoisotopic (exact) mass is 223 g/mol. The number of hydrogen-bond acceptors (Lipinski definition) is 1. The van der Waals surface area contributed by atoms with Gasteiger partial charge in [0.1, 0.15) is 0 Å². The average Bonchev–Trinajstić information content (AvgIpc) is 2.16. The number of nitrogens with two attached hydrogens (primary N) is 1. The SMILES string of the molecule is CC(C)C1=CC(C(C)C)CC(C(C)C)[C@H]1N. The smallest absolute Gasteiger partial charge is 0.0287 e. The topological polar surface area (TPSA) is 26.0 Å². The van der Waals surface area contributed by atoms with Crippen molar-refractivity contribution < 1.29 is 0 Å². The molecule has 0 aromatic heterocycles. The molecule has 2 N–H and O–H groups in total. The van der Waals surface area contributed by atoms with Gasteiger partial charge < -0.3 is 5.73 Å². The van der Waals surface area contributed by atoms with Crippen LogP contribution in [0.4, 0.5) is 0 Å². The first-order chi connectivity index (χ1) is 7.34. The maximum absolute atomic E-state index is 6.42. The van der Waals surface area contributed by atoms with Crippen LogP contribution >= 0.6 is 0 Å². The molecule has 1 rings (SSSR count). The summed E-state index contributed by atoms with van der Waals surface area (Å²) in [6.07, 6.45) is 3.74. The van der Waals surface area contributed by atoms with Crippen molar-refractivity contribution in [3.8, 4) is 0 Å². The van der Waals surface area contributed by atoms with Crippen molar-refractivity contribution in [2.24, 2.45) is 35.3 Å². The van der Waals surface area contributed by atoms with Gasteiger partial charge in [-0.25, -0.2) is 0 Å². The number of allylic oxidation sites excluding steroid dienone is 1. The molecule has 0 aromatic carbocycles. The van der Waals surface area contributed by atoms with Gasteiger partial charge in [0.2, 0.25) is 0 Å². The van der Waals surface area contributed by atoms with Crippen LogP contribution in [0.25, 0.3) is 0 Å². The molecule has 2 unspecified atom stereocenters. The van der Waals surface area contributed by atoms with Crippen LogP contribution in [0.1, 0.15) is 48.0 Å². The van der Waals surface area contributed by atoms with Crippen molar-refractivity contribution in [2.45, 2.75) is 54.0 Å². The van der Waals surface area contributed by atoms with E-state index in [1.54, 1.807) is 0 Å². The summed E-state index contributed by atoms with van der Waals surface area (Å²) in [5, 5.41) is 0. The van der Waals surface area contributed by atoms with Crippen molar-refractivity contribution >= 4 is 0 Å². The van der Waals surface area contributed by atoms with Gasteiger partial charge in [-0.05, 0) is 36.0 Å². The lowest BCUT2D eigenvalue weighted by atomic mass is 9.69.